The maximum absolute atomic E-state index is 6.03. The van der Waals surface area contributed by atoms with Crippen molar-refractivity contribution >= 4 is 28.2 Å². The van der Waals surface area contributed by atoms with Crippen LogP contribution in [0.3, 0.4) is 0 Å². The van der Waals surface area contributed by atoms with Crippen molar-refractivity contribution in [3.8, 4) is 0 Å². The molecule has 0 aliphatic heterocycles. The molecule has 0 aliphatic carbocycles. The number of hydrogen-bond acceptors (Lipinski definition) is 2. The van der Waals surface area contributed by atoms with E-state index in [1.54, 1.807) is 0 Å². The molecule has 2 rings (SSSR count). The fourth-order valence-electron chi connectivity index (χ4n) is 1.48. The fourth-order valence-corrected chi connectivity index (χ4v) is 1.80. The summed E-state index contributed by atoms with van der Waals surface area (Å²) in [5, 5.41) is 2.75. The Hall–Kier alpha value is -1.28. The van der Waals surface area contributed by atoms with E-state index in [2.05, 4.69) is 4.98 Å². The molecule has 0 aliphatic rings. The first-order valence-corrected chi connectivity index (χ1v) is 4.37. The summed E-state index contributed by atoms with van der Waals surface area (Å²) < 4.78 is 0. The van der Waals surface area contributed by atoms with E-state index in [4.69, 9.17) is 17.3 Å². The van der Waals surface area contributed by atoms with Crippen LogP contribution in [0.15, 0.2) is 24.3 Å². The summed E-state index contributed by atoms with van der Waals surface area (Å²) in [4.78, 5) is 4.16. The Morgan fingerprint density at radius 2 is 2.15 bits per heavy atom. The average Bonchev–Trinajstić information content (AvgIpc) is 2.02. The minimum atomic E-state index is 0.535. The summed E-state index contributed by atoms with van der Waals surface area (Å²) in [6, 6.07) is 7.57. The van der Waals surface area contributed by atoms with Crippen LogP contribution in [0.4, 0.5) is 5.82 Å². The molecule has 0 bridgehead atoms. The molecular weight excluding hydrogens is 184 g/mol. The van der Waals surface area contributed by atoms with Crippen LogP contribution >= 0.6 is 11.6 Å². The Balaban J connectivity index is 2.94. The molecule has 0 saturated carbocycles. The maximum Gasteiger partial charge on any atom is 0.124 e. The molecule has 2 nitrogen and oxygen atoms in total. The molecule has 1 aromatic carbocycles. The molecule has 2 N–H and O–H groups in total. The lowest BCUT2D eigenvalue weighted by molar-refractivity contribution is 1.24. The van der Waals surface area contributed by atoms with Crippen molar-refractivity contribution in [1.29, 1.82) is 0 Å². The summed E-state index contributed by atoms with van der Waals surface area (Å²) >= 11 is 6.03. The highest BCUT2D eigenvalue weighted by atomic mass is 35.5. The molecule has 2 aromatic rings. The van der Waals surface area contributed by atoms with E-state index in [-0.39, 0.29) is 0 Å². The number of nitrogen functional groups attached to an aromatic ring is 1. The molecule has 0 atom stereocenters. The number of halogens is 1. The third-order valence-electron chi connectivity index (χ3n) is 2.01. The minimum Gasteiger partial charge on any atom is -0.384 e. The average molecular weight is 193 g/mol. The summed E-state index contributed by atoms with van der Waals surface area (Å²) in [6.07, 6.45) is 0. The highest BCUT2D eigenvalue weighted by molar-refractivity contribution is 6.35. The van der Waals surface area contributed by atoms with Crippen LogP contribution in [0.2, 0.25) is 5.02 Å². The highest BCUT2D eigenvalue weighted by Crippen LogP contribution is 2.26. The quantitative estimate of drug-likeness (QED) is 0.697. The third kappa shape index (κ3) is 1.33. The molecule has 66 valence electrons. The van der Waals surface area contributed by atoms with Crippen molar-refractivity contribution in [2.24, 2.45) is 0 Å². The van der Waals surface area contributed by atoms with Gasteiger partial charge in [0.15, 0.2) is 0 Å². The monoisotopic (exact) mass is 192 g/mol. The van der Waals surface area contributed by atoms with E-state index in [9.17, 15) is 0 Å². The fraction of sp³-hybridized carbons (Fsp3) is 0.100. The van der Waals surface area contributed by atoms with Gasteiger partial charge in [-0.05, 0) is 24.4 Å². The summed E-state index contributed by atoms with van der Waals surface area (Å²) in [7, 11) is 0. The number of rotatable bonds is 0. The predicted octanol–water partition coefficient (Wildman–Crippen LogP) is 2.78. The van der Waals surface area contributed by atoms with E-state index >= 15 is 0 Å². The number of anilines is 1. The largest absolute Gasteiger partial charge is 0.384 e. The van der Waals surface area contributed by atoms with Crippen molar-refractivity contribution in [3.63, 3.8) is 0 Å². The SMILES string of the molecule is Cc1nc(N)cc2cccc(Cl)c12. The lowest BCUT2D eigenvalue weighted by Gasteiger charge is -2.04. The smallest absolute Gasteiger partial charge is 0.124 e. The van der Waals surface area contributed by atoms with Crippen molar-refractivity contribution < 1.29 is 0 Å². The van der Waals surface area contributed by atoms with Crippen LogP contribution in [-0.2, 0) is 0 Å². The zero-order chi connectivity index (χ0) is 9.42. The van der Waals surface area contributed by atoms with Gasteiger partial charge < -0.3 is 5.73 Å². The number of pyridine rings is 1. The molecule has 0 unspecified atom stereocenters. The van der Waals surface area contributed by atoms with Gasteiger partial charge in [-0.3, -0.25) is 0 Å². The lowest BCUT2D eigenvalue weighted by Crippen LogP contribution is -1.93. The van der Waals surface area contributed by atoms with Gasteiger partial charge in [-0.15, -0.1) is 0 Å². The van der Waals surface area contributed by atoms with E-state index in [0.717, 1.165) is 21.5 Å². The first-order valence-electron chi connectivity index (χ1n) is 4.00. The highest BCUT2D eigenvalue weighted by Gasteiger charge is 2.03. The van der Waals surface area contributed by atoms with Gasteiger partial charge in [0.25, 0.3) is 0 Å². The molecule has 0 radical (unpaired) electrons. The third-order valence-corrected chi connectivity index (χ3v) is 2.32. The molecule has 1 aromatic heterocycles. The zero-order valence-electron chi connectivity index (χ0n) is 7.21. The first kappa shape index (κ1) is 8.32. The van der Waals surface area contributed by atoms with E-state index in [1.807, 2.05) is 31.2 Å². The molecular formula is C10H9ClN2. The Morgan fingerprint density at radius 1 is 1.38 bits per heavy atom. The van der Waals surface area contributed by atoms with E-state index in [0.29, 0.717) is 5.82 Å². The van der Waals surface area contributed by atoms with Gasteiger partial charge in [-0.25, -0.2) is 4.98 Å². The maximum atomic E-state index is 6.03. The van der Waals surface area contributed by atoms with Crippen molar-refractivity contribution in [1.82, 2.24) is 4.98 Å². The van der Waals surface area contributed by atoms with Crippen LogP contribution in [0.1, 0.15) is 5.69 Å². The molecule has 0 spiro atoms. The standard InChI is InChI=1S/C10H9ClN2/c1-6-10-7(5-9(12)13-6)3-2-4-8(10)11/h2-5H,1H3,(H2,12,13). The molecule has 13 heavy (non-hydrogen) atoms. The van der Waals surface area contributed by atoms with Gasteiger partial charge in [-0.1, -0.05) is 23.7 Å². The van der Waals surface area contributed by atoms with Gasteiger partial charge in [0.1, 0.15) is 5.82 Å². The van der Waals surface area contributed by atoms with Crippen LogP contribution < -0.4 is 5.73 Å². The normalized spacial score (nSPS) is 10.6. The molecule has 0 saturated heterocycles. The number of hydrogen-bond donors (Lipinski definition) is 1. The van der Waals surface area contributed by atoms with Gasteiger partial charge >= 0.3 is 0 Å². The second-order valence-corrected chi connectivity index (χ2v) is 3.38. The predicted molar refractivity (Wildman–Crippen MR) is 55.9 cm³/mol. The van der Waals surface area contributed by atoms with Crippen LogP contribution in [0.25, 0.3) is 10.8 Å². The summed E-state index contributed by atoms with van der Waals surface area (Å²) in [6.45, 7) is 1.91. The Kier molecular flexibility index (Phi) is 1.85. The number of aryl methyl sites for hydroxylation is 1. The van der Waals surface area contributed by atoms with Gasteiger partial charge in [0.2, 0.25) is 0 Å². The van der Waals surface area contributed by atoms with Gasteiger partial charge in [0.05, 0.1) is 5.02 Å². The number of fused-ring (bicyclic) bond motifs is 1. The molecule has 0 fully saturated rings. The number of nitrogens with zero attached hydrogens (tertiary/aromatic N) is 1. The molecule has 3 heteroatoms. The van der Waals surface area contributed by atoms with Crippen LogP contribution in [0, 0.1) is 6.92 Å². The van der Waals surface area contributed by atoms with E-state index < -0.39 is 0 Å². The summed E-state index contributed by atoms with van der Waals surface area (Å²) in [5.74, 6) is 0.535. The second kappa shape index (κ2) is 2.89. The van der Waals surface area contributed by atoms with Crippen LogP contribution in [-0.4, -0.2) is 4.98 Å². The Morgan fingerprint density at radius 3 is 2.92 bits per heavy atom. The summed E-state index contributed by atoms with van der Waals surface area (Å²) in [5.41, 5.74) is 6.50. The zero-order valence-corrected chi connectivity index (χ0v) is 7.97. The first-order chi connectivity index (χ1) is 6.18. The topological polar surface area (TPSA) is 38.9 Å². The van der Waals surface area contributed by atoms with Crippen molar-refractivity contribution in [2.45, 2.75) is 6.92 Å². The second-order valence-electron chi connectivity index (χ2n) is 2.97. The number of nitrogens with two attached hydrogens (primary N) is 1. The van der Waals surface area contributed by atoms with Gasteiger partial charge in [-0.2, -0.15) is 0 Å². The lowest BCUT2D eigenvalue weighted by atomic mass is 10.1. The van der Waals surface area contributed by atoms with Crippen molar-refractivity contribution in [3.05, 3.63) is 35.0 Å². The number of benzene rings is 1. The Bertz CT molecular complexity index is 466. The van der Waals surface area contributed by atoms with E-state index in [1.165, 1.54) is 0 Å². The molecule has 1 heterocycles. The van der Waals surface area contributed by atoms with Gasteiger partial charge in [0, 0.05) is 11.1 Å². The molecule has 0 amide bonds. The Labute approximate surface area is 81.3 Å². The van der Waals surface area contributed by atoms with Crippen LogP contribution in [0.5, 0.6) is 0 Å². The minimum absolute atomic E-state index is 0.535. The number of aromatic nitrogens is 1. The van der Waals surface area contributed by atoms with Crippen molar-refractivity contribution in [2.75, 3.05) is 5.73 Å².